The van der Waals surface area contributed by atoms with Gasteiger partial charge in [0.2, 0.25) is 11.8 Å². The van der Waals surface area contributed by atoms with E-state index in [-0.39, 0.29) is 18.2 Å². The number of nitrogens with one attached hydrogen (secondary N) is 1. The molecular formula is C19H23N3O3. The van der Waals surface area contributed by atoms with Gasteiger partial charge in [-0.15, -0.1) is 0 Å². The molecule has 0 saturated carbocycles. The molecule has 25 heavy (non-hydrogen) atoms. The predicted octanol–water partition coefficient (Wildman–Crippen LogP) is 2.86. The van der Waals surface area contributed by atoms with Crippen LogP contribution in [0.3, 0.4) is 0 Å². The van der Waals surface area contributed by atoms with Crippen molar-refractivity contribution >= 4 is 17.5 Å². The summed E-state index contributed by atoms with van der Waals surface area (Å²) in [5.74, 6) is 0.0194. The molecule has 6 heteroatoms. The second-order valence-electron chi connectivity index (χ2n) is 5.42. The van der Waals surface area contributed by atoms with Gasteiger partial charge >= 0.3 is 0 Å². The Hall–Kier alpha value is -2.89. The number of rotatable bonds is 8. The van der Waals surface area contributed by atoms with E-state index in [1.807, 2.05) is 38.1 Å². The molecule has 1 aromatic carbocycles. The number of aromatic nitrogens is 1. The van der Waals surface area contributed by atoms with E-state index in [9.17, 15) is 9.59 Å². The molecule has 0 atom stereocenters. The first-order chi connectivity index (χ1) is 12.1. The molecule has 0 spiro atoms. The number of anilines is 1. The predicted molar refractivity (Wildman–Crippen MR) is 96.2 cm³/mol. The first-order valence-corrected chi connectivity index (χ1v) is 8.32. The fourth-order valence-electron chi connectivity index (χ4n) is 2.38. The van der Waals surface area contributed by atoms with Crippen LogP contribution in [0.2, 0.25) is 0 Å². The number of pyridine rings is 1. The van der Waals surface area contributed by atoms with Crippen molar-refractivity contribution in [1.29, 1.82) is 0 Å². The highest BCUT2D eigenvalue weighted by molar-refractivity contribution is 6.04. The minimum absolute atomic E-state index is 0.209. The van der Waals surface area contributed by atoms with Crippen LogP contribution >= 0.6 is 0 Å². The molecule has 132 valence electrons. The van der Waals surface area contributed by atoms with Crippen LogP contribution in [0.4, 0.5) is 5.69 Å². The number of benzene rings is 1. The Kier molecular flexibility index (Phi) is 6.95. The average Bonchev–Trinajstić information content (AvgIpc) is 2.62. The summed E-state index contributed by atoms with van der Waals surface area (Å²) < 4.78 is 5.47. The molecule has 0 saturated heterocycles. The average molecular weight is 341 g/mol. The van der Waals surface area contributed by atoms with Crippen LogP contribution in [-0.4, -0.2) is 34.8 Å². The molecular weight excluding hydrogens is 318 g/mol. The molecule has 1 heterocycles. The molecule has 0 aliphatic carbocycles. The molecule has 0 aliphatic heterocycles. The minimum Gasteiger partial charge on any atom is -0.492 e. The molecule has 0 unspecified atom stereocenters. The number of carbonyl (C=O) groups is 2. The molecule has 2 aromatic rings. The lowest BCUT2D eigenvalue weighted by Crippen LogP contribution is -2.33. The number of amides is 2. The molecule has 0 aliphatic rings. The Morgan fingerprint density at radius 1 is 1.12 bits per heavy atom. The monoisotopic (exact) mass is 341 g/mol. The number of carbonyl (C=O) groups excluding carboxylic acids is 2. The van der Waals surface area contributed by atoms with Crippen LogP contribution in [0.25, 0.3) is 0 Å². The van der Waals surface area contributed by atoms with Gasteiger partial charge in [0.05, 0.1) is 12.3 Å². The fourth-order valence-corrected chi connectivity index (χ4v) is 2.38. The summed E-state index contributed by atoms with van der Waals surface area (Å²) in [6.07, 6.45) is 3.16. The molecule has 0 bridgehead atoms. The molecule has 0 fully saturated rings. The maximum atomic E-state index is 12.4. The second-order valence-corrected chi connectivity index (χ2v) is 5.42. The van der Waals surface area contributed by atoms with Crippen molar-refractivity contribution in [2.24, 2.45) is 0 Å². The SMILES string of the molecule is CCOc1ccccc1NC(=O)CC(=O)N(CC)Cc1ccncc1. The van der Waals surface area contributed by atoms with Crippen LogP contribution < -0.4 is 10.1 Å². The number of nitrogens with zero attached hydrogens (tertiary/aromatic N) is 2. The molecule has 1 aromatic heterocycles. The van der Waals surface area contributed by atoms with Gasteiger partial charge < -0.3 is 15.0 Å². The lowest BCUT2D eigenvalue weighted by molar-refractivity contribution is -0.134. The zero-order chi connectivity index (χ0) is 18.1. The van der Waals surface area contributed by atoms with E-state index in [0.29, 0.717) is 31.1 Å². The molecule has 1 N–H and O–H groups in total. The van der Waals surface area contributed by atoms with Gasteiger partial charge in [-0.1, -0.05) is 12.1 Å². The van der Waals surface area contributed by atoms with Crippen LogP contribution in [0.1, 0.15) is 25.8 Å². The van der Waals surface area contributed by atoms with Gasteiger partial charge in [0.1, 0.15) is 12.2 Å². The number of hydrogen-bond acceptors (Lipinski definition) is 4. The second kappa shape index (κ2) is 9.42. The minimum atomic E-state index is -0.356. The third-order valence-corrected chi connectivity index (χ3v) is 3.63. The van der Waals surface area contributed by atoms with Gasteiger partial charge in [-0.05, 0) is 43.7 Å². The summed E-state index contributed by atoms with van der Waals surface area (Å²) in [4.78, 5) is 30.2. The van der Waals surface area contributed by atoms with Crippen LogP contribution in [0, 0.1) is 0 Å². The highest BCUT2D eigenvalue weighted by Gasteiger charge is 2.17. The normalized spacial score (nSPS) is 10.2. The van der Waals surface area contributed by atoms with Crippen molar-refractivity contribution in [3.63, 3.8) is 0 Å². The van der Waals surface area contributed by atoms with E-state index >= 15 is 0 Å². The summed E-state index contributed by atoms with van der Waals surface area (Å²) in [7, 11) is 0. The van der Waals surface area contributed by atoms with Crippen LogP contribution in [0.5, 0.6) is 5.75 Å². The van der Waals surface area contributed by atoms with Gasteiger partial charge in [-0.2, -0.15) is 0 Å². The summed E-state index contributed by atoms with van der Waals surface area (Å²) >= 11 is 0. The van der Waals surface area contributed by atoms with Gasteiger partial charge in [-0.3, -0.25) is 14.6 Å². The van der Waals surface area contributed by atoms with Gasteiger partial charge in [0.15, 0.2) is 0 Å². The number of para-hydroxylation sites is 2. The highest BCUT2D eigenvalue weighted by Crippen LogP contribution is 2.23. The van der Waals surface area contributed by atoms with E-state index in [2.05, 4.69) is 10.3 Å². The van der Waals surface area contributed by atoms with Crippen LogP contribution in [0.15, 0.2) is 48.8 Å². The van der Waals surface area contributed by atoms with Gasteiger partial charge in [0, 0.05) is 25.5 Å². The first kappa shape index (κ1) is 18.4. The highest BCUT2D eigenvalue weighted by atomic mass is 16.5. The van der Waals surface area contributed by atoms with Gasteiger partial charge in [0.25, 0.3) is 0 Å². The number of hydrogen-bond donors (Lipinski definition) is 1. The third kappa shape index (κ3) is 5.60. The largest absolute Gasteiger partial charge is 0.492 e. The lowest BCUT2D eigenvalue weighted by atomic mass is 10.2. The van der Waals surface area contributed by atoms with E-state index < -0.39 is 0 Å². The van der Waals surface area contributed by atoms with E-state index in [0.717, 1.165) is 5.56 Å². The van der Waals surface area contributed by atoms with Crippen molar-refractivity contribution in [3.05, 3.63) is 54.4 Å². The van der Waals surface area contributed by atoms with E-state index in [1.165, 1.54) is 0 Å². The maximum absolute atomic E-state index is 12.4. The Morgan fingerprint density at radius 2 is 1.84 bits per heavy atom. The zero-order valence-corrected chi connectivity index (χ0v) is 14.6. The van der Waals surface area contributed by atoms with Crippen molar-refractivity contribution in [2.45, 2.75) is 26.8 Å². The summed E-state index contributed by atoms with van der Waals surface area (Å²) in [6.45, 7) is 5.26. The fraction of sp³-hybridized carbons (Fsp3) is 0.316. The Morgan fingerprint density at radius 3 is 2.52 bits per heavy atom. The topological polar surface area (TPSA) is 71.5 Å². The molecule has 0 radical (unpaired) electrons. The third-order valence-electron chi connectivity index (χ3n) is 3.63. The smallest absolute Gasteiger partial charge is 0.233 e. The van der Waals surface area contributed by atoms with E-state index in [1.54, 1.807) is 29.4 Å². The number of ether oxygens (including phenoxy) is 1. The Balaban J connectivity index is 1.95. The van der Waals surface area contributed by atoms with Crippen LogP contribution in [-0.2, 0) is 16.1 Å². The first-order valence-electron chi connectivity index (χ1n) is 8.32. The summed E-state index contributed by atoms with van der Waals surface area (Å²) in [5.41, 5.74) is 1.55. The Bertz CT molecular complexity index is 704. The molecule has 2 amide bonds. The molecule has 2 rings (SSSR count). The van der Waals surface area contributed by atoms with Gasteiger partial charge in [-0.25, -0.2) is 0 Å². The lowest BCUT2D eigenvalue weighted by Gasteiger charge is -2.21. The Labute approximate surface area is 147 Å². The molecule has 6 nitrogen and oxygen atoms in total. The van der Waals surface area contributed by atoms with Crippen molar-refractivity contribution in [1.82, 2.24) is 9.88 Å². The standard InChI is InChI=1S/C19H23N3O3/c1-3-22(14-15-9-11-20-12-10-15)19(24)13-18(23)21-16-7-5-6-8-17(16)25-4-2/h5-12H,3-4,13-14H2,1-2H3,(H,21,23). The quantitative estimate of drug-likeness (QED) is 0.750. The van der Waals surface area contributed by atoms with Crippen molar-refractivity contribution in [3.8, 4) is 5.75 Å². The van der Waals surface area contributed by atoms with Crippen molar-refractivity contribution < 1.29 is 14.3 Å². The summed E-state index contributed by atoms with van der Waals surface area (Å²) in [5, 5.41) is 2.75. The van der Waals surface area contributed by atoms with E-state index in [4.69, 9.17) is 4.74 Å². The maximum Gasteiger partial charge on any atom is 0.233 e. The zero-order valence-electron chi connectivity index (χ0n) is 14.6. The van der Waals surface area contributed by atoms with Crippen molar-refractivity contribution in [2.75, 3.05) is 18.5 Å². The summed E-state index contributed by atoms with van der Waals surface area (Å²) in [6, 6.07) is 10.9.